The van der Waals surface area contributed by atoms with E-state index in [0.717, 1.165) is 32.5 Å². The van der Waals surface area contributed by atoms with Gasteiger partial charge in [0.1, 0.15) is 6.10 Å². The van der Waals surface area contributed by atoms with Crippen molar-refractivity contribution in [2.75, 3.05) is 19.7 Å². The van der Waals surface area contributed by atoms with Crippen LogP contribution in [0.25, 0.3) is 11.1 Å². The molecule has 0 saturated carbocycles. The Morgan fingerprint density at radius 3 is 2.43 bits per heavy atom. The molecule has 2 heterocycles. The van der Waals surface area contributed by atoms with E-state index in [9.17, 15) is 10.2 Å². The lowest BCUT2D eigenvalue weighted by Gasteiger charge is -2.51. The maximum Gasteiger partial charge on any atom is 0.111 e. The van der Waals surface area contributed by atoms with Crippen LogP contribution in [0.1, 0.15) is 37.3 Å². The van der Waals surface area contributed by atoms with Gasteiger partial charge >= 0.3 is 0 Å². The Morgan fingerprint density at radius 2 is 1.75 bits per heavy atom. The summed E-state index contributed by atoms with van der Waals surface area (Å²) in [6, 6.07) is 17.4. The van der Waals surface area contributed by atoms with Crippen molar-refractivity contribution in [3.63, 3.8) is 0 Å². The van der Waals surface area contributed by atoms with E-state index in [1.807, 2.05) is 0 Å². The summed E-state index contributed by atoms with van der Waals surface area (Å²) in [6.07, 6.45) is 1.19. The minimum absolute atomic E-state index is 0.493. The number of ether oxygens (including phenoxy) is 1. The Labute approximate surface area is 167 Å². The van der Waals surface area contributed by atoms with E-state index in [1.165, 1.54) is 22.3 Å². The third kappa shape index (κ3) is 3.87. The van der Waals surface area contributed by atoms with Gasteiger partial charge in [-0.3, -0.25) is 4.90 Å². The van der Waals surface area contributed by atoms with Gasteiger partial charge in [-0.25, -0.2) is 0 Å². The molecule has 0 bridgehead atoms. The molecule has 150 valence electrons. The monoisotopic (exact) mass is 381 g/mol. The summed E-state index contributed by atoms with van der Waals surface area (Å²) in [7, 11) is 0. The number of likely N-dealkylation sites (tertiary alicyclic amines) is 1. The van der Waals surface area contributed by atoms with Crippen LogP contribution < -0.4 is 0 Å². The highest BCUT2D eigenvalue weighted by atomic mass is 16.5. The van der Waals surface area contributed by atoms with Crippen molar-refractivity contribution in [1.82, 2.24) is 4.90 Å². The SMILES string of the molecule is Cc1cccc(-c2ccc(CN3CCC4(CC3)OCC[C@@](C)(O)[C@@H]4O)cc2)c1. The maximum absolute atomic E-state index is 10.7. The van der Waals surface area contributed by atoms with E-state index >= 15 is 0 Å². The summed E-state index contributed by atoms with van der Waals surface area (Å²) in [5.74, 6) is 0. The number of aliphatic hydroxyl groups excluding tert-OH is 1. The second-order valence-electron chi connectivity index (χ2n) is 8.77. The molecule has 2 N–H and O–H groups in total. The number of rotatable bonds is 3. The van der Waals surface area contributed by atoms with Gasteiger partial charge in [-0.15, -0.1) is 0 Å². The van der Waals surface area contributed by atoms with Crippen LogP contribution in [0, 0.1) is 6.92 Å². The quantitative estimate of drug-likeness (QED) is 0.854. The van der Waals surface area contributed by atoms with Gasteiger partial charge in [0.25, 0.3) is 0 Å². The van der Waals surface area contributed by atoms with E-state index < -0.39 is 17.3 Å². The number of aryl methyl sites for hydroxylation is 1. The number of hydrogen-bond donors (Lipinski definition) is 2. The van der Waals surface area contributed by atoms with Crippen molar-refractivity contribution < 1.29 is 14.9 Å². The molecule has 0 amide bonds. The predicted molar refractivity (Wildman–Crippen MR) is 111 cm³/mol. The topological polar surface area (TPSA) is 52.9 Å². The average Bonchev–Trinajstić information content (AvgIpc) is 2.68. The molecule has 4 rings (SSSR count). The van der Waals surface area contributed by atoms with Crippen LogP contribution in [0.5, 0.6) is 0 Å². The van der Waals surface area contributed by atoms with Gasteiger partial charge < -0.3 is 14.9 Å². The normalized spacial score (nSPS) is 27.8. The molecule has 28 heavy (non-hydrogen) atoms. The fraction of sp³-hybridized carbons (Fsp3) is 0.500. The molecule has 4 nitrogen and oxygen atoms in total. The molecular weight excluding hydrogens is 350 g/mol. The number of piperidine rings is 1. The first-order valence-electron chi connectivity index (χ1n) is 10.3. The molecule has 2 aliphatic rings. The van der Waals surface area contributed by atoms with Crippen LogP contribution in [0.4, 0.5) is 0 Å². The molecule has 2 saturated heterocycles. The van der Waals surface area contributed by atoms with E-state index in [2.05, 4.69) is 60.4 Å². The van der Waals surface area contributed by atoms with Gasteiger partial charge in [0.05, 0.1) is 17.8 Å². The average molecular weight is 382 g/mol. The van der Waals surface area contributed by atoms with Crippen molar-refractivity contribution >= 4 is 0 Å². The van der Waals surface area contributed by atoms with E-state index in [0.29, 0.717) is 13.0 Å². The van der Waals surface area contributed by atoms with Crippen molar-refractivity contribution in [3.8, 4) is 11.1 Å². The number of benzene rings is 2. The smallest absolute Gasteiger partial charge is 0.111 e. The Balaban J connectivity index is 1.37. The lowest BCUT2D eigenvalue weighted by atomic mass is 9.75. The third-order valence-corrected chi connectivity index (χ3v) is 6.50. The van der Waals surface area contributed by atoms with Crippen molar-refractivity contribution in [2.24, 2.45) is 0 Å². The summed E-state index contributed by atoms with van der Waals surface area (Å²) in [6.45, 7) is 7.00. The third-order valence-electron chi connectivity index (χ3n) is 6.50. The minimum Gasteiger partial charge on any atom is -0.387 e. The molecule has 1 spiro atoms. The summed E-state index contributed by atoms with van der Waals surface area (Å²) >= 11 is 0. The Morgan fingerprint density at radius 1 is 1.04 bits per heavy atom. The first-order chi connectivity index (χ1) is 13.4. The van der Waals surface area contributed by atoms with Crippen LogP contribution >= 0.6 is 0 Å². The molecule has 0 aromatic heterocycles. The summed E-state index contributed by atoms with van der Waals surface area (Å²) in [5, 5.41) is 21.1. The van der Waals surface area contributed by atoms with Crippen LogP contribution in [0.3, 0.4) is 0 Å². The van der Waals surface area contributed by atoms with Gasteiger partial charge in [-0.1, -0.05) is 54.1 Å². The Kier molecular flexibility index (Phi) is 5.32. The van der Waals surface area contributed by atoms with Crippen molar-refractivity contribution in [3.05, 3.63) is 59.7 Å². The van der Waals surface area contributed by atoms with E-state index in [1.54, 1.807) is 6.92 Å². The largest absolute Gasteiger partial charge is 0.387 e. The lowest BCUT2D eigenvalue weighted by molar-refractivity contribution is -0.246. The second-order valence-corrected chi connectivity index (χ2v) is 8.77. The zero-order chi connectivity index (χ0) is 19.8. The summed E-state index contributed by atoms with van der Waals surface area (Å²) < 4.78 is 5.99. The first kappa shape index (κ1) is 19.6. The predicted octanol–water partition coefficient (Wildman–Crippen LogP) is 3.53. The van der Waals surface area contributed by atoms with E-state index in [4.69, 9.17) is 4.74 Å². The fourth-order valence-corrected chi connectivity index (χ4v) is 4.64. The van der Waals surface area contributed by atoms with Gasteiger partial charge in [0.15, 0.2) is 0 Å². The standard InChI is InChI=1S/C24H31NO3/c1-18-4-3-5-21(16-18)20-8-6-19(7-9-20)17-25-13-10-24(11-14-25)22(26)23(2,27)12-15-28-24/h3-9,16,22,26-27H,10-15,17H2,1-2H3/t22-,23+/m0/s1. The summed E-state index contributed by atoms with van der Waals surface area (Å²) in [5.41, 5.74) is 3.42. The molecule has 0 radical (unpaired) electrons. The van der Waals surface area contributed by atoms with Gasteiger partial charge in [0.2, 0.25) is 0 Å². The molecule has 2 fully saturated rings. The van der Waals surface area contributed by atoms with Gasteiger partial charge in [-0.2, -0.15) is 0 Å². The molecule has 2 aromatic rings. The van der Waals surface area contributed by atoms with Crippen LogP contribution in [-0.2, 0) is 11.3 Å². The van der Waals surface area contributed by atoms with Gasteiger partial charge in [-0.05, 0) is 43.4 Å². The van der Waals surface area contributed by atoms with E-state index in [-0.39, 0.29) is 0 Å². The van der Waals surface area contributed by atoms with Gasteiger partial charge in [0, 0.05) is 26.1 Å². The molecule has 2 aliphatic heterocycles. The fourth-order valence-electron chi connectivity index (χ4n) is 4.64. The van der Waals surface area contributed by atoms with Crippen LogP contribution in [0.2, 0.25) is 0 Å². The highest BCUT2D eigenvalue weighted by Gasteiger charge is 2.52. The summed E-state index contributed by atoms with van der Waals surface area (Å²) in [4.78, 5) is 2.41. The highest BCUT2D eigenvalue weighted by molar-refractivity contribution is 5.64. The molecular formula is C24H31NO3. The zero-order valence-corrected chi connectivity index (χ0v) is 16.9. The van der Waals surface area contributed by atoms with Crippen LogP contribution in [-0.4, -0.2) is 52.1 Å². The second kappa shape index (κ2) is 7.60. The molecule has 2 aromatic carbocycles. The Hall–Kier alpha value is -1.72. The highest BCUT2D eigenvalue weighted by Crippen LogP contribution is 2.40. The molecule has 0 unspecified atom stereocenters. The first-order valence-corrected chi connectivity index (χ1v) is 10.3. The van der Waals surface area contributed by atoms with Crippen molar-refractivity contribution in [1.29, 1.82) is 0 Å². The number of hydrogen-bond acceptors (Lipinski definition) is 4. The Bertz CT molecular complexity index is 807. The lowest BCUT2D eigenvalue weighted by Crippen LogP contribution is -2.64. The van der Waals surface area contributed by atoms with Crippen molar-refractivity contribution in [2.45, 2.75) is 57.0 Å². The molecule has 0 aliphatic carbocycles. The molecule has 4 heteroatoms. The maximum atomic E-state index is 10.7. The zero-order valence-electron chi connectivity index (χ0n) is 16.9. The number of aliphatic hydroxyl groups is 2. The molecule has 2 atom stereocenters. The number of nitrogens with zero attached hydrogens (tertiary/aromatic N) is 1. The minimum atomic E-state index is -1.05. The van der Waals surface area contributed by atoms with Crippen LogP contribution in [0.15, 0.2) is 48.5 Å².